The van der Waals surface area contributed by atoms with E-state index < -0.39 is 0 Å². The van der Waals surface area contributed by atoms with Gasteiger partial charge in [0, 0.05) is 19.0 Å². The van der Waals surface area contributed by atoms with Gasteiger partial charge in [-0.05, 0) is 26.3 Å². The molecule has 0 bridgehead atoms. The van der Waals surface area contributed by atoms with Crippen LogP contribution in [0.5, 0.6) is 0 Å². The van der Waals surface area contributed by atoms with Crippen molar-refractivity contribution in [2.45, 2.75) is 39.7 Å². The number of amides is 1. The Morgan fingerprint density at radius 2 is 1.92 bits per heavy atom. The van der Waals surface area contributed by atoms with E-state index in [2.05, 4.69) is 24.5 Å². The fourth-order valence-electron chi connectivity index (χ4n) is 0.877. The molecule has 0 aromatic rings. The predicted octanol–water partition coefficient (Wildman–Crippen LogP) is 1.15. The largest absolute Gasteiger partial charge is 0.355 e. The van der Waals surface area contributed by atoms with Gasteiger partial charge >= 0.3 is 0 Å². The number of likely N-dealkylation sites (N-methyl/N-ethyl adjacent to an activating group) is 1. The highest BCUT2D eigenvalue weighted by Gasteiger charge is 2.04. The summed E-state index contributed by atoms with van der Waals surface area (Å²) in [6.45, 7) is 7.02. The first-order valence-corrected chi connectivity index (χ1v) is 5.00. The molecule has 2 N–H and O–H groups in total. The van der Waals surface area contributed by atoms with Crippen molar-refractivity contribution in [3.8, 4) is 0 Å². The van der Waals surface area contributed by atoms with Crippen LogP contribution >= 0.6 is 0 Å². The van der Waals surface area contributed by atoms with Crippen LogP contribution in [0.3, 0.4) is 0 Å². The Labute approximate surface area is 81.3 Å². The Hall–Kier alpha value is -0.570. The molecule has 0 rings (SSSR count). The molecular weight excluding hydrogens is 164 g/mol. The summed E-state index contributed by atoms with van der Waals surface area (Å²) in [6.07, 6.45) is 1.62. The van der Waals surface area contributed by atoms with E-state index in [-0.39, 0.29) is 5.91 Å². The van der Waals surface area contributed by atoms with Crippen molar-refractivity contribution in [1.29, 1.82) is 0 Å². The Morgan fingerprint density at radius 3 is 2.38 bits per heavy atom. The number of rotatable bonds is 6. The molecule has 3 heteroatoms. The maximum absolute atomic E-state index is 11.2. The lowest BCUT2D eigenvalue weighted by molar-refractivity contribution is -0.121. The number of hydrogen-bond donors (Lipinski definition) is 2. The highest BCUT2D eigenvalue weighted by atomic mass is 16.1. The molecule has 1 unspecified atom stereocenters. The van der Waals surface area contributed by atoms with Crippen LogP contribution in [0.15, 0.2) is 0 Å². The van der Waals surface area contributed by atoms with E-state index in [1.807, 2.05) is 14.0 Å². The average molecular weight is 186 g/mol. The smallest absolute Gasteiger partial charge is 0.220 e. The van der Waals surface area contributed by atoms with Gasteiger partial charge in [0.15, 0.2) is 0 Å². The SMILES string of the molecule is CNC(C)CNC(=O)CCC(C)C. The van der Waals surface area contributed by atoms with Gasteiger partial charge in [0.1, 0.15) is 0 Å². The third-order valence-corrected chi connectivity index (χ3v) is 2.05. The predicted molar refractivity (Wildman–Crippen MR) is 55.6 cm³/mol. The van der Waals surface area contributed by atoms with E-state index >= 15 is 0 Å². The van der Waals surface area contributed by atoms with E-state index in [9.17, 15) is 4.79 Å². The van der Waals surface area contributed by atoms with Crippen molar-refractivity contribution in [1.82, 2.24) is 10.6 Å². The van der Waals surface area contributed by atoms with Gasteiger partial charge in [0.25, 0.3) is 0 Å². The minimum Gasteiger partial charge on any atom is -0.355 e. The van der Waals surface area contributed by atoms with E-state index in [0.717, 1.165) is 6.42 Å². The van der Waals surface area contributed by atoms with Crippen LogP contribution in [0.4, 0.5) is 0 Å². The molecule has 0 radical (unpaired) electrons. The zero-order valence-corrected chi connectivity index (χ0v) is 9.18. The lowest BCUT2D eigenvalue weighted by Crippen LogP contribution is -2.37. The Morgan fingerprint density at radius 1 is 1.31 bits per heavy atom. The molecule has 78 valence electrons. The summed E-state index contributed by atoms with van der Waals surface area (Å²) >= 11 is 0. The van der Waals surface area contributed by atoms with Gasteiger partial charge < -0.3 is 10.6 Å². The summed E-state index contributed by atoms with van der Waals surface area (Å²) in [7, 11) is 1.89. The summed E-state index contributed by atoms with van der Waals surface area (Å²) in [6, 6.07) is 0.350. The second-order valence-electron chi connectivity index (χ2n) is 3.93. The maximum atomic E-state index is 11.2. The molecule has 0 aliphatic carbocycles. The first-order chi connectivity index (χ1) is 6.06. The Balaban J connectivity index is 3.40. The molecule has 0 aliphatic heterocycles. The third kappa shape index (κ3) is 7.78. The van der Waals surface area contributed by atoms with Gasteiger partial charge in [-0.1, -0.05) is 13.8 Å². The highest BCUT2D eigenvalue weighted by Crippen LogP contribution is 2.02. The molecule has 0 saturated heterocycles. The Kier molecular flexibility index (Phi) is 6.59. The van der Waals surface area contributed by atoms with Gasteiger partial charge in [0.05, 0.1) is 0 Å². The van der Waals surface area contributed by atoms with Crippen LogP contribution in [0.1, 0.15) is 33.6 Å². The van der Waals surface area contributed by atoms with E-state index in [1.165, 1.54) is 0 Å². The molecule has 0 aromatic heterocycles. The quantitative estimate of drug-likeness (QED) is 0.653. The molecule has 0 heterocycles. The molecule has 1 amide bonds. The molecule has 1 atom stereocenters. The third-order valence-electron chi connectivity index (χ3n) is 2.05. The van der Waals surface area contributed by atoms with Crippen molar-refractivity contribution in [2.75, 3.05) is 13.6 Å². The number of carbonyl (C=O) groups excluding carboxylic acids is 1. The minimum absolute atomic E-state index is 0.163. The molecule has 0 spiro atoms. The lowest BCUT2D eigenvalue weighted by atomic mass is 10.1. The summed E-state index contributed by atoms with van der Waals surface area (Å²) < 4.78 is 0. The standard InChI is InChI=1S/C10H22N2O/c1-8(2)5-6-10(13)12-7-9(3)11-4/h8-9,11H,5-7H2,1-4H3,(H,12,13). The second-order valence-corrected chi connectivity index (χ2v) is 3.93. The summed E-state index contributed by atoms with van der Waals surface area (Å²) in [4.78, 5) is 11.2. The normalized spacial score (nSPS) is 13.0. The zero-order chi connectivity index (χ0) is 10.3. The molecule has 0 fully saturated rings. The zero-order valence-electron chi connectivity index (χ0n) is 9.18. The molecular formula is C10H22N2O. The molecule has 0 saturated carbocycles. The highest BCUT2D eigenvalue weighted by molar-refractivity contribution is 5.75. The second kappa shape index (κ2) is 6.89. The van der Waals surface area contributed by atoms with Crippen molar-refractivity contribution in [3.63, 3.8) is 0 Å². The maximum Gasteiger partial charge on any atom is 0.220 e. The molecule has 3 nitrogen and oxygen atoms in total. The lowest BCUT2D eigenvalue weighted by Gasteiger charge is -2.11. The first kappa shape index (κ1) is 12.4. The van der Waals surface area contributed by atoms with Crippen molar-refractivity contribution < 1.29 is 4.79 Å². The fourth-order valence-corrected chi connectivity index (χ4v) is 0.877. The van der Waals surface area contributed by atoms with Crippen LogP contribution in [-0.4, -0.2) is 25.5 Å². The van der Waals surface area contributed by atoms with Crippen molar-refractivity contribution in [2.24, 2.45) is 5.92 Å². The summed E-state index contributed by atoms with van der Waals surface area (Å²) in [5.74, 6) is 0.767. The van der Waals surface area contributed by atoms with E-state index in [0.29, 0.717) is 24.9 Å². The summed E-state index contributed by atoms with van der Waals surface area (Å²) in [5, 5.41) is 5.96. The Bertz CT molecular complexity index is 146. The van der Waals surface area contributed by atoms with E-state index in [1.54, 1.807) is 0 Å². The van der Waals surface area contributed by atoms with E-state index in [4.69, 9.17) is 0 Å². The van der Waals surface area contributed by atoms with Gasteiger partial charge in [-0.3, -0.25) is 4.79 Å². The van der Waals surface area contributed by atoms with Crippen LogP contribution in [0.25, 0.3) is 0 Å². The monoisotopic (exact) mass is 186 g/mol. The summed E-state index contributed by atoms with van der Waals surface area (Å²) in [5.41, 5.74) is 0. The number of carbonyl (C=O) groups is 1. The van der Waals surface area contributed by atoms with Crippen molar-refractivity contribution in [3.05, 3.63) is 0 Å². The van der Waals surface area contributed by atoms with Gasteiger partial charge in [-0.2, -0.15) is 0 Å². The van der Waals surface area contributed by atoms with Crippen LogP contribution < -0.4 is 10.6 Å². The molecule has 13 heavy (non-hydrogen) atoms. The fraction of sp³-hybridized carbons (Fsp3) is 0.900. The topological polar surface area (TPSA) is 41.1 Å². The van der Waals surface area contributed by atoms with Crippen LogP contribution in [0, 0.1) is 5.92 Å². The van der Waals surface area contributed by atoms with Gasteiger partial charge in [-0.25, -0.2) is 0 Å². The number of nitrogens with one attached hydrogen (secondary N) is 2. The average Bonchev–Trinajstić information content (AvgIpc) is 2.10. The van der Waals surface area contributed by atoms with Crippen LogP contribution in [0.2, 0.25) is 0 Å². The van der Waals surface area contributed by atoms with Gasteiger partial charge in [0.2, 0.25) is 5.91 Å². The first-order valence-electron chi connectivity index (χ1n) is 5.00. The minimum atomic E-state index is 0.163. The van der Waals surface area contributed by atoms with Crippen molar-refractivity contribution >= 4 is 5.91 Å². The molecule has 0 aromatic carbocycles. The number of hydrogen-bond acceptors (Lipinski definition) is 2. The molecule has 0 aliphatic rings. The van der Waals surface area contributed by atoms with Crippen LogP contribution in [-0.2, 0) is 4.79 Å². The van der Waals surface area contributed by atoms with Gasteiger partial charge in [-0.15, -0.1) is 0 Å².